The van der Waals surface area contributed by atoms with Crippen LogP contribution in [-0.4, -0.2) is 24.8 Å². The smallest absolute Gasteiger partial charge is 0.339 e. The molecule has 4 heteroatoms. The maximum absolute atomic E-state index is 11.5. The summed E-state index contributed by atoms with van der Waals surface area (Å²) in [5.74, 6) is 0.140. The monoisotopic (exact) mass is 260 g/mol. The minimum atomic E-state index is -1.24. The molecule has 100 valence electrons. The highest BCUT2D eigenvalue weighted by molar-refractivity contribution is 5.86. The summed E-state index contributed by atoms with van der Waals surface area (Å²) in [6.45, 7) is 1.96. The highest BCUT2D eigenvalue weighted by atomic mass is 16.5. The molecule has 19 heavy (non-hydrogen) atoms. The fourth-order valence-corrected chi connectivity index (χ4v) is 1.90. The molecule has 1 atom stereocenters. The molecule has 0 heterocycles. The number of aliphatic hydroxyl groups excluding tert-OH is 1. The van der Waals surface area contributed by atoms with Gasteiger partial charge in [0.15, 0.2) is 6.10 Å². The zero-order valence-corrected chi connectivity index (χ0v) is 10.9. The second-order valence-corrected chi connectivity index (χ2v) is 4.13. The Morgan fingerprint density at radius 1 is 1.21 bits per heavy atom. The van der Waals surface area contributed by atoms with E-state index in [1.165, 1.54) is 0 Å². The van der Waals surface area contributed by atoms with Gasteiger partial charge in [-0.2, -0.15) is 0 Å². The zero-order chi connectivity index (χ0) is 13.8. The first-order chi connectivity index (χ1) is 9.15. The van der Waals surface area contributed by atoms with Crippen molar-refractivity contribution in [3.63, 3.8) is 0 Å². The maximum Gasteiger partial charge on any atom is 0.339 e. The lowest BCUT2D eigenvalue weighted by atomic mass is 10.0. The molecule has 2 aromatic rings. The van der Waals surface area contributed by atoms with Crippen LogP contribution in [0.1, 0.15) is 18.6 Å². The van der Waals surface area contributed by atoms with Gasteiger partial charge in [-0.25, -0.2) is 4.79 Å². The van der Waals surface area contributed by atoms with Crippen LogP contribution in [0, 0.1) is 0 Å². The van der Waals surface area contributed by atoms with Crippen molar-refractivity contribution >= 4 is 16.7 Å². The summed E-state index contributed by atoms with van der Waals surface area (Å²) in [6.07, 6.45) is -1.24. The van der Waals surface area contributed by atoms with Crippen molar-refractivity contribution in [2.24, 2.45) is 0 Å². The van der Waals surface area contributed by atoms with Crippen LogP contribution in [-0.2, 0) is 9.53 Å². The van der Waals surface area contributed by atoms with Crippen LogP contribution in [0.4, 0.5) is 0 Å². The molecule has 2 aromatic carbocycles. The zero-order valence-electron chi connectivity index (χ0n) is 10.9. The van der Waals surface area contributed by atoms with Crippen LogP contribution in [0.25, 0.3) is 10.8 Å². The fraction of sp³-hybridized carbons (Fsp3) is 0.267. The molecular formula is C15H16O4. The highest BCUT2D eigenvalue weighted by Gasteiger charge is 2.18. The first-order valence-corrected chi connectivity index (χ1v) is 6.08. The third-order valence-corrected chi connectivity index (χ3v) is 2.90. The lowest BCUT2D eigenvalue weighted by Crippen LogP contribution is -2.15. The number of ether oxygens (including phenoxy) is 2. The van der Waals surface area contributed by atoms with Crippen LogP contribution >= 0.6 is 0 Å². The number of esters is 1. The molecule has 0 bridgehead atoms. The largest absolute Gasteiger partial charge is 0.497 e. The Morgan fingerprint density at radius 2 is 1.89 bits per heavy atom. The molecule has 0 radical (unpaired) electrons. The van der Waals surface area contributed by atoms with Gasteiger partial charge in [-0.3, -0.25) is 0 Å². The van der Waals surface area contributed by atoms with Crippen molar-refractivity contribution in [1.82, 2.24) is 0 Å². The van der Waals surface area contributed by atoms with E-state index in [2.05, 4.69) is 0 Å². The number of hydrogen-bond donors (Lipinski definition) is 1. The summed E-state index contributed by atoms with van der Waals surface area (Å²) >= 11 is 0. The predicted octanol–water partition coefficient (Wildman–Crippen LogP) is 2.44. The highest BCUT2D eigenvalue weighted by Crippen LogP contribution is 2.24. The van der Waals surface area contributed by atoms with Crippen molar-refractivity contribution in [2.75, 3.05) is 13.7 Å². The molecule has 0 spiro atoms. The molecule has 0 aliphatic rings. The van der Waals surface area contributed by atoms with E-state index in [4.69, 9.17) is 9.47 Å². The summed E-state index contributed by atoms with van der Waals surface area (Å²) < 4.78 is 9.94. The Hall–Kier alpha value is -2.07. The number of fused-ring (bicyclic) bond motifs is 1. The third-order valence-electron chi connectivity index (χ3n) is 2.90. The summed E-state index contributed by atoms with van der Waals surface area (Å²) in [4.78, 5) is 11.5. The van der Waals surface area contributed by atoms with Gasteiger partial charge in [-0.05, 0) is 41.5 Å². The Kier molecular flexibility index (Phi) is 4.02. The number of carbonyl (C=O) groups excluding carboxylic acids is 1. The van der Waals surface area contributed by atoms with Gasteiger partial charge in [0.1, 0.15) is 5.75 Å². The van der Waals surface area contributed by atoms with Gasteiger partial charge in [0.05, 0.1) is 13.7 Å². The molecule has 0 aliphatic carbocycles. The summed E-state index contributed by atoms with van der Waals surface area (Å²) in [6, 6.07) is 10.9. The lowest BCUT2D eigenvalue weighted by Gasteiger charge is -2.11. The Bertz CT molecular complexity index is 592. The van der Waals surface area contributed by atoms with E-state index in [9.17, 15) is 9.90 Å². The molecule has 0 saturated heterocycles. The van der Waals surface area contributed by atoms with Crippen molar-refractivity contribution in [3.05, 3.63) is 42.0 Å². The van der Waals surface area contributed by atoms with E-state index in [1.807, 2.05) is 24.3 Å². The molecule has 0 saturated carbocycles. The van der Waals surface area contributed by atoms with Gasteiger partial charge < -0.3 is 14.6 Å². The van der Waals surface area contributed by atoms with Crippen LogP contribution in [0.5, 0.6) is 5.75 Å². The molecular weight excluding hydrogens is 244 g/mol. The molecule has 4 nitrogen and oxygen atoms in total. The van der Waals surface area contributed by atoms with Crippen molar-refractivity contribution in [1.29, 1.82) is 0 Å². The lowest BCUT2D eigenvalue weighted by molar-refractivity contribution is -0.153. The second kappa shape index (κ2) is 5.71. The molecule has 0 aliphatic heterocycles. The molecule has 1 unspecified atom stereocenters. The standard InChI is InChI=1S/C15H16O4/c1-3-19-15(17)14(16)12-5-4-11-9-13(18-2)7-6-10(11)8-12/h4-9,14,16H,3H2,1-2H3. The Balaban J connectivity index is 2.33. The van der Waals surface area contributed by atoms with Gasteiger partial charge >= 0.3 is 5.97 Å². The average Bonchev–Trinajstić information content (AvgIpc) is 2.45. The first kappa shape index (κ1) is 13.4. The first-order valence-electron chi connectivity index (χ1n) is 6.08. The second-order valence-electron chi connectivity index (χ2n) is 4.13. The molecule has 0 aromatic heterocycles. The predicted molar refractivity (Wildman–Crippen MR) is 72.1 cm³/mol. The van der Waals surface area contributed by atoms with E-state index in [-0.39, 0.29) is 6.61 Å². The maximum atomic E-state index is 11.5. The van der Waals surface area contributed by atoms with Gasteiger partial charge in [0.2, 0.25) is 0 Å². The van der Waals surface area contributed by atoms with E-state index in [0.717, 1.165) is 16.5 Å². The van der Waals surface area contributed by atoms with Crippen molar-refractivity contribution in [2.45, 2.75) is 13.0 Å². The number of aliphatic hydroxyl groups is 1. The summed E-state index contributed by atoms with van der Waals surface area (Å²) in [5.41, 5.74) is 0.524. The van der Waals surface area contributed by atoms with Gasteiger partial charge in [0, 0.05) is 0 Å². The quantitative estimate of drug-likeness (QED) is 0.858. The minimum Gasteiger partial charge on any atom is -0.497 e. The molecule has 1 N–H and O–H groups in total. The van der Waals surface area contributed by atoms with E-state index in [0.29, 0.717) is 5.56 Å². The minimum absolute atomic E-state index is 0.251. The van der Waals surface area contributed by atoms with Gasteiger partial charge in [-0.1, -0.05) is 18.2 Å². The molecule has 0 fully saturated rings. The average molecular weight is 260 g/mol. The topological polar surface area (TPSA) is 55.8 Å². The van der Waals surface area contributed by atoms with Crippen molar-refractivity contribution in [3.8, 4) is 5.75 Å². The Labute approximate surface area is 111 Å². The number of methoxy groups -OCH3 is 1. The van der Waals surface area contributed by atoms with Crippen LogP contribution in [0.3, 0.4) is 0 Å². The summed E-state index contributed by atoms with van der Waals surface area (Å²) in [5, 5.41) is 11.8. The van der Waals surface area contributed by atoms with Crippen LogP contribution < -0.4 is 4.74 Å². The summed E-state index contributed by atoms with van der Waals surface area (Å²) in [7, 11) is 1.61. The number of rotatable bonds is 4. The van der Waals surface area contributed by atoms with Crippen LogP contribution in [0.15, 0.2) is 36.4 Å². The van der Waals surface area contributed by atoms with Crippen molar-refractivity contribution < 1.29 is 19.4 Å². The normalized spacial score (nSPS) is 12.2. The molecule has 0 amide bonds. The van der Waals surface area contributed by atoms with E-state index in [1.54, 1.807) is 26.2 Å². The van der Waals surface area contributed by atoms with Crippen LogP contribution in [0.2, 0.25) is 0 Å². The van der Waals surface area contributed by atoms with E-state index < -0.39 is 12.1 Å². The van der Waals surface area contributed by atoms with Gasteiger partial charge in [-0.15, -0.1) is 0 Å². The third kappa shape index (κ3) is 2.85. The number of benzene rings is 2. The molecule has 2 rings (SSSR count). The Morgan fingerprint density at radius 3 is 2.58 bits per heavy atom. The SMILES string of the molecule is CCOC(=O)C(O)c1ccc2cc(OC)ccc2c1. The van der Waals surface area contributed by atoms with E-state index >= 15 is 0 Å². The van der Waals surface area contributed by atoms with Gasteiger partial charge in [0.25, 0.3) is 0 Å². The number of hydrogen-bond acceptors (Lipinski definition) is 4. The fourth-order valence-electron chi connectivity index (χ4n) is 1.90. The number of carbonyl (C=O) groups is 1.